The zero-order chi connectivity index (χ0) is 12.8. The first kappa shape index (κ1) is 10.3. The Kier molecular flexibility index (Phi) is 1.97. The second-order valence-electron chi connectivity index (χ2n) is 4.36. The van der Waals surface area contributed by atoms with Gasteiger partial charge in [0.25, 0.3) is 0 Å². The molecule has 0 amide bonds. The predicted molar refractivity (Wildman–Crippen MR) is 70.7 cm³/mol. The van der Waals surface area contributed by atoms with E-state index in [1.54, 1.807) is 10.7 Å². The number of hydrogen-bond acceptors (Lipinski definition) is 4. The molecule has 0 aliphatic carbocycles. The maximum atomic E-state index is 5.47. The van der Waals surface area contributed by atoms with Crippen LogP contribution < -0.4 is 0 Å². The minimum Gasteiger partial charge on any atom is -0.441 e. The van der Waals surface area contributed by atoms with Crippen LogP contribution in [0.3, 0.4) is 0 Å². The van der Waals surface area contributed by atoms with Gasteiger partial charge in [-0.15, -0.1) is 0 Å². The second kappa shape index (κ2) is 3.65. The van der Waals surface area contributed by atoms with Crippen LogP contribution in [0.1, 0.15) is 5.89 Å². The molecule has 0 aliphatic rings. The van der Waals surface area contributed by atoms with Gasteiger partial charge in [-0.05, 0) is 30.3 Å². The predicted octanol–water partition coefficient (Wildman–Crippen LogP) is 2.85. The lowest BCUT2D eigenvalue weighted by Crippen LogP contribution is -1.92. The van der Waals surface area contributed by atoms with Crippen molar-refractivity contribution in [2.75, 3.05) is 0 Å². The van der Waals surface area contributed by atoms with Crippen molar-refractivity contribution >= 4 is 16.7 Å². The summed E-state index contributed by atoms with van der Waals surface area (Å²) in [6.45, 7) is 1.84. The fourth-order valence-electron chi connectivity index (χ4n) is 2.17. The van der Waals surface area contributed by atoms with Gasteiger partial charge in [0.2, 0.25) is 0 Å². The van der Waals surface area contributed by atoms with Crippen LogP contribution in [0.4, 0.5) is 0 Å². The van der Waals surface area contributed by atoms with Gasteiger partial charge in [0.15, 0.2) is 17.1 Å². The Morgan fingerprint density at radius 2 is 2.11 bits per heavy atom. The van der Waals surface area contributed by atoms with Crippen LogP contribution in [0, 0.1) is 6.92 Å². The van der Waals surface area contributed by atoms with E-state index in [0.29, 0.717) is 5.89 Å². The van der Waals surface area contributed by atoms with Gasteiger partial charge in [-0.3, -0.25) is 0 Å². The Hall–Kier alpha value is -2.69. The van der Waals surface area contributed by atoms with Crippen LogP contribution in [0.2, 0.25) is 0 Å². The molecule has 4 rings (SSSR count). The average Bonchev–Trinajstić information content (AvgIpc) is 3.01. The molecule has 0 saturated carbocycles. The van der Waals surface area contributed by atoms with Crippen LogP contribution in [0.15, 0.2) is 47.1 Å². The summed E-state index contributed by atoms with van der Waals surface area (Å²) in [6.07, 6.45) is 3.56. The molecule has 5 heteroatoms. The third-order valence-corrected chi connectivity index (χ3v) is 3.05. The molecule has 0 fully saturated rings. The molecule has 0 N–H and O–H groups in total. The monoisotopic (exact) mass is 250 g/mol. The van der Waals surface area contributed by atoms with E-state index in [4.69, 9.17) is 4.42 Å². The van der Waals surface area contributed by atoms with Crippen LogP contribution in [0.25, 0.3) is 28.0 Å². The molecule has 19 heavy (non-hydrogen) atoms. The number of oxazole rings is 1. The van der Waals surface area contributed by atoms with Gasteiger partial charge in [-0.2, -0.15) is 5.10 Å². The topological polar surface area (TPSA) is 56.2 Å². The van der Waals surface area contributed by atoms with Crippen molar-refractivity contribution < 1.29 is 4.42 Å². The zero-order valence-electron chi connectivity index (χ0n) is 10.2. The van der Waals surface area contributed by atoms with Gasteiger partial charge in [0.1, 0.15) is 5.52 Å². The van der Waals surface area contributed by atoms with E-state index >= 15 is 0 Å². The van der Waals surface area contributed by atoms with Crippen LogP contribution in [-0.2, 0) is 0 Å². The van der Waals surface area contributed by atoms with Crippen molar-refractivity contribution in [3.63, 3.8) is 0 Å². The molecule has 92 valence electrons. The first-order valence-corrected chi connectivity index (χ1v) is 5.97. The number of fused-ring (bicyclic) bond motifs is 2. The van der Waals surface area contributed by atoms with Crippen LogP contribution in [0.5, 0.6) is 0 Å². The van der Waals surface area contributed by atoms with Gasteiger partial charge in [-0.25, -0.2) is 14.5 Å². The van der Waals surface area contributed by atoms with Crippen molar-refractivity contribution in [2.24, 2.45) is 0 Å². The highest BCUT2D eigenvalue weighted by Gasteiger charge is 2.06. The summed E-state index contributed by atoms with van der Waals surface area (Å²) in [5.41, 5.74) is 4.37. The quantitative estimate of drug-likeness (QED) is 0.521. The summed E-state index contributed by atoms with van der Waals surface area (Å²) in [5.74, 6) is 0.671. The molecule has 1 aromatic carbocycles. The molecule has 3 aromatic heterocycles. The Bertz CT molecular complexity index is 891. The molecular weight excluding hydrogens is 240 g/mol. The lowest BCUT2D eigenvalue weighted by atomic mass is 10.1. The zero-order valence-corrected chi connectivity index (χ0v) is 10.2. The van der Waals surface area contributed by atoms with Gasteiger partial charge < -0.3 is 4.42 Å². The van der Waals surface area contributed by atoms with E-state index in [0.717, 1.165) is 28.0 Å². The highest BCUT2D eigenvalue weighted by Crippen LogP contribution is 2.23. The van der Waals surface area contributed by atoms with Crippen LogP contribution >= 0.6 is 0 Å². The molecule has 0 radical (unpaired) electrons. The van der Waals surface area contributed by atoms with Crippen molar-refractivity contribution in [3.8, 4) is 11.3 Å². The molecule has 0 spiro atoms. The molecular formula is C14H10N4O. The van der Waals surface area contributed by atoms with Crippen molar-refractivity contribution in [2.45, 2.75) is 6.92 Å². The lowest BCUT2D eigenvalue weighted by Gasteiger charge is -2.01. The third-order valence-electron chi connectivity index (χ3n) is 3.05. The highest BCUT2D eigenvalue weighted by molar-refractivity contribution is 5.79. The normalized spacial score (nSPS) is 11.4. The van der Waals surface area contributed by atoms with E-state index in [1.807, 2.05) is 43.5 Å². The smallest absolute Gasteiger partial charge is 0.192 e. The third kappa shape index (κ3) is 1.59. The van der Waals surface area contributed by atoms with Crippen molar-refractivity contribution in [3.05, 3.63) is 48.6 Å². The Balaban J connectivity index is 1.91. The van der Waals surface area contributed by atoms with Crippen LogP contribution in [-0.4, -0.2) is 19.6 Å². The molecule has 3 heterocycles. The van der Waals surface area contributed by atoms with E-state index in [9.17, 15) is 0 Å². The summed E-state index contributed by atoms with van der Waals surface area (Å²) < 4.78 is 7.23. The molecule has 4 aromatic rings. The summed E-state index contributed by atoms with van der Waals surface area (Å²) in [6, 6.07) is 9.79. The average molecular weight is 250 g/mol. The first-order chi connectivity index (χ1) is 9.29. The SMILES string of the molecule is Cc1nc2cc(-c3ccc4nccn4n3)ccc2o1. The Morgan fingerprint density at radius 1 is 1.16 bits per heavy atom. The van der Waals surface area contributed by atoms with E-state index in [2.05, 4.69) is 15.1 Å². The fourth-order valence-corrected chi connectivity index (χ4v) is 2.17. The fraction of sp³-hybridized carbons (Fsp3) is 0.0714. The number of benzene rings is 1. The van der Waals surface area contributed by atoms with Gasteiger partial charge in [-0.1, -0.05) is 0 Å². The number of nitrogens with zero attached hydrogens (tertiary/aromatic N) is 4. The first-order valence-electron chi connectivity index (χ1n) is 5.97. The van der Waals surface area contributed by atoms with Gasteiger partial charge in [0.05, 0.1) is 5.69 Å². The van der Waals surface area contributed by atoms with Gasteiger partial charge >= 0.3 is 0 Å². The molecule has 0 unspecified atom stereocenters. The maximum absolute atomic E-state index is 5.47. The molecule has 0 saturated heterocycles. The van der Waals surface area contributed by atoms with E-state index in [1.165, 1.54) is 0 Å². The van der Waals surface area contributed by atoms with Crippen molar-refractivity contribution in [1.82, 2.24) is 19.6 Å². The lowest BCUT2D eigenvalue weighted by molar-refractivity contribution is 0.561. The summed E-state index contributed by atoms with van der Waals surface area (Å²) in [7, 11) is 0. The number of aryl methyl sites for hydroxylation is 1. The molecule has 0 atom stereocenters. The van der Waals surface area contributed by atoms with E-state index in [-0.39, 0.29) is 0 Å². The summed E-state index contributed by atoms with van der Waals surface area (Å²) >= 11 is 0. The minimum absolute atomic E-state index is 0.671. The summed E-state index contributed by atoms with van der Waals surface area (Å²) in [4.78, 5) is 8.52. The second-order valence-corrected chi connectivity index (χ2v) is 4.36. The van der Waals surface area contributed by atoms with Crippen molar-refractivity contribution in [1.29, 1.82) is 0 Å². The highest BCUT2D eigenvalue weighted by atomic mass is 16.3. The number of imidazole rings is 1. The maximum Gasteiger partial charge on any atom is 0.192 e. The molecule has 5 nitrogen and oxygen atoms in total. The Labute approximate surface area is 108 Å². The minimum atomic E-state index is 0.671. The van der Waals surface area contributed by atoms with Gasteiger partial charge in [0, 0.05) is 24.9 Å². The van der Waals surface area contributed by atoms with E-state index < -0.39 is 0 Å². The number of rotatable bonds is 1. The number of aromatic nitrogens is 4. The largest absolute Gasteiger partial charge is 0.441 e. The molecule has 0 aliphatic heterocycles. The standard InChI is InChI=1S/C14H10N4O/c1-9-16-12-8-10(2-4-13(12)19-9)11-3-5-14-15-6-7-18(14)17-11/h2-8H,1H3. The Morgan fingerprint density at radius 3 is 3.05 bits per heavy atom. The molecule has 0 bridgehead atoms. The summed E-state index contributed by atoms with van der Waals surface area (Å²) in [5, 5.41) is 4.51. The number of hydrogen-bond donors (Lipinski definition) is 0.